The molecule has 0 aliphatic carbocycles. The highest BCUT2D eigenvalue weighted by Crippen LogP contribution is 2.10. The van der Waals surface area contributed by atoms with Crippen LogP contribution in [0.1, 0.15) is 40.5 Å². The van der Waals surface area contributed by atoms with Gasteiger partial charge in [-0.15, -0.1) is 6.58 Å². The summed E-state index contributed by atoms with van der Waals surface area (Å²) in [6, 6.07) is 0.513. The third kappa shape index (κ3) is 7.57. The molecule has 0 radical (unpaired) electrons. The molecule has 4 unspecified atom stereocenters. The molecule has 0 saturated carbocycles. The molecular formula is C13H27NO. The standard InChI is InChI=1S/C13H27NO/c1-6-7-11(3)13(5)14-9-10(2)8-12(4)15/h6,10-15H,1,7-9H2,2-5H3. The third-order valence-corrected chi connectivity index (χ3v) is 2.92. The summed E-state index contributed by atoms with van der Waals surface area (Å²) in [5.41, 5.74) is 0. The fourth-order valence-electron chi connectivity index (χ4n) is 1.72. The van der Waals surface area contributed by atoms with E-state index in [-0.39, 0.29) is 6.10 Å². The van der Waals surface area contributed by atoms with Gasteiger partial charge < -0.3 is 10.4 Å². The molecule has 0 amide bonds. The molecule has 0 aliphatic rings. The average Bonchev–Trinajstić information content (AvgIpc) is 2.13. The molecule has 0 fully saturated rings. The van der Waals surface area contributed by atoms with Crippen molar-refractivity contribution in [1.29, 1.82) is 0 Å². The van der Waals surface area contributed by atoms with Gasteiger partial charge in [-0.05, 0) is 45.1 Å². The van der Waals surface area contributed by atoms with Gasteiger partial charge in [-0.2, -0.15) is 0 Å². The first-order valence-corrected chi connectivity index (χ1v) is 5.99. The predicted octanol–water partition coefficient (Wildman–Crippen LogP) is 2.58. The summed E-state index contributed by atoms with van der Waals surface area (Å²) in [6.45, 7) is 13.2. The third-order valence-electron chi connectivity index (χ3n) is 2.92. The maximum absolute atomic E-state index is 9.24. The van der Waals surface area contributed by atoms with Gasteiger partial charge in [0.25, 0.3) is 0 Å². The fourth-order valence-corrected chi connectivity index (χ4v) is 1.72. The van der Waals surface area contributed by atoms with Gasteiger partial charge in [0, 0.05) is 6.04 Å². The molecule has 2 N–H and O–H groups in total. The highest BCUT2D eigenvalue weighted by Gasteiger charge is 2.12. The topological polar surface area (TPSA) is 32.3 Å². The summed E-state index contributed by atoms with van der Waals surface area (Å²) in [7, 11) is 0. The summed E-state index contributed by atoms with van der Waals surface area (Å²) < 4.78 is 0. The van der Waals surface area contributed by atoms with E-state index in [0.717, 1.165) is 19.4 Å². The van der Waals surface area contributed by atoms with E-state index in [0.29, 0.717) is 17.9 Å². The van der Waals surface area contributed by atoms with Crippen LogP contribution in [0.5, 0.6) is 0 Å². The van der Waals surface area contributed by atoms with E-state index in [1.807, 2.05) is 13.0 Å². The molecule has 0 spiro atoms. The Labute approximate surface area is 94.8 Å². The Morgan fingerprint density at radius 1 is 1.27 bits per heavy atom. The van der Waals surface area contributed by atoms with Crippen LogP contribution in [-0.4, -0.2) is 23.8 Å². The largest absolute Gasteiger partial charge is 0.393 e. The zero-order valence-electron chi connectivity index (χ0n) is 10.7. The average molecular weight is 213 g/mol. The van der Waals surface area contributed by atoms with Crippen LogP contribution in [0.25, 0.3) is 0 Å². The first-order valence-electron chi connectivity index (χ1n) is 5.99. The van der Waals surface area contributed by atoms with Gasteiger partial charge in [0.2, 0.25) is 0 Å². The molecule has 0 aromatic heterocycles. The molecular weight excluding hydrogens is 186 g/mol. The zero-order chi connectivity index (χ0) is 11.8. The molecule has 90 valence electrons. The summed E-state index contributed by atoms with van der Waals surface area (Å²) >= 11 is 0. The molecule has 2 heteroatoms. The number of hydrogen-bond donors (Lipinski definition) is 2. The minimum absolute atomic E-state index is 0.192. The molecule has 0 saturated heterocycles. The number of aliphatic hydroxyl groups excluding tert-OH is 1. The van der Waals surface area contributed by atoms with Crippen molar-refractivity contribution in [3.05, 3.63) is 12.7 Å². The molecule has 2 nitrogen and oxygen atoms in total. The van der Waals surface area contributed by atoms with E-state index in [9.17, 15) is 5.11 Å². The maximum atomic E-state index is 9.24. The highest BCUT2D eigenvalue weighted by atomic mass is 16.3. The van der Waals surface area contributed by atoms with Crippen molar-refractivity contribution in [1.82, 2.24) is 5.32 Å². The van der Waals surface area contributed by atoms with Gasteiger partial charge in [-0.1, -0.05) is 19.9 Å². The Morgan fingerprint density at radius 2 is 1.87 bits per heavy atom. The van der Waals surface area contributed by atoms with Crippen molar-refractivity contribution < 1.29 is 5.11 Å². The van der Waals surface area contributed by atoms with E-state index in [4.69, 9.17) is 0 Å². The van der Waals surface area contributed by atoms with Crippen LogP contribution in [0.2, 0.25) is 0 Å². The van der Waals surface area contributed by atoms with E-state index in [1.54, 1.807) is 0 Å². The lowest BCUT2D eigenvalue weighted by Crippen LogP contribution is -2.35. The van der Waals surface area contributed by atoms with Crippen LogP contribution in [0.3, 0.4) is 0 Å². The normalized spacial score (nSPS) is 19.3. The number of allylic oxidation sites excluding steroid dienone is 1. The zero-order valence-corrected chi connectivity index (χ0v) is 10.7. The van der Waals surface area contributed by atoms with Crippen molar-refractivity contribution in [2.24, 2.45) is 11.8 Å². The lowest BCUT2D eigenvalue weighted by molar-refractivity contribution is 0.161. The summed E-state index contributed by atoms with van der Waals surface area (Å²) in [5, 5.41) is 12.8. The maximum Gasteiger partial charge on any atom is 0.0515 e. The Balaban J connectivity index is 3.69. The Kier molecular flexibility index (Phi) is 7.71. The van der Waals surface area contributed by atoms with E-state index >= 15 is 0 Å². The molecule has 0 aromatic carbocycles. The highest BCUT2D eigenvalue weighted by molar-refractivity contribution is 4.77. The molecule has 0 rings (SSSR count). The predicted molar refractivity (Wildman–Crippen MR) is 66.9 cm³/mol. The van der Waals surface area contributed by atoms with Gasteiger partial charge in [0.05, 0.1) is 6.10 Å². The molecule has 0 aliphatic heterocycles. The van der Waals surface area contributed by atoms with E-state index in [1.165, 1.54) is 0 Å². The Morgan fingerprint density at radius 3 is 2.33 bits per heavy atom. The van der Waals surface area contributed by atoms with Crippen molar-refractivity contribution in [3.63, 3.8) is 0 Å². The number of rotatable bonds is 8. The van der Waals surface area contributed by atoms with Gasteiger partial charge in [0.15, 0.2) is 0 Å². The molecule has 15 heavy (non-hydrogen) atoms. The minimum Gasteiger partial charge on any atom is -0.393 e. The smallest absolute Gasteiger partial charge is 0.0515 e. The van der Waals surface area contributed by atoms with Crippen LogP contribution in [0.4, 0.5) is 0 Å². The van der Waals surface area contributed by atoms with Gasteiger partial charge in [-0.3, -0.25) is 0 Å². The molecule has 0 aromatic rings. The van der Waals surface area contributed by atoms with Crippen LogP contribution in [-0.2, 0) is 0 Å². The summed E-state index contributed by atoms with van der Waals surface area (Å²) in [5.74, 6) is 1.16. The minimum atomic E-state index is -0.192. The quantitative estimate of drug-likeness (QED) is 0.607. The second-order valence-electron chi connectivity index (χ2n) is 4.89. The first kappa shape index (κ1) is 14.7. The van der Waals surface area contributed by atoms with Gasteiger partial charge in [-0.25, -0.2) is 0 Å². The molecule has 0 heterocycles. The summed E-state index contributed by atoms with van der Waals surface area (Å²) in [4.78, 5) is 0. The van der Waals surface area contributed by atoms with Gasteiger partial charge >= 0.3 is 0 Å². The fraction of sp³-hybridized carbons (Fsp3) is 0.846. The monoisotopic (exact) mass is 213 g/mol. The SMILES string of the molecule is C=CCC(C)C(C)NCC(C)CC(C)O. The van der Waals surface area contributed by atoms with Crippen LogP contribution < -0.4 is 5.32 Å². The van der Waals surface area contributed by atoms with Crippen molar-refractivity contribution in [2.45, 2.75) is 52.7 Å². The van der Waals surface area contributed by atoms with Crippen molar-refractivity contribution in [3.8, 4) is 0 Å². The molecule has 0 bridgehead atoms. The number of hydrogen-bond acceptors (Lipinski definition) is 2. The van der Waals surface area contributed by atoms with E-state index in [2.05, 4.69) is 32.7 Å². The van der Waals surface area contributed by atoms with Crippen LogP contribution in [0, 0.1) is 11.8 Å². The van der Waals surface area contributed by atoms with Crippen LogP contribution in [0.15, 0.2) is 12.7 Å². The van der Waals surface area contributed by atoms with Crippen LogP contribution >= 0.6 is 0 Å². The number of aliphatic hydroxyl groups is 1. The van der Waals surface area contributed by atoms with E-state index < -0.39 is 0 Å². The lowest BCUT2D eigenvalue weighted by Gasteiger charge is -2.23. The lowest BCUT2D eigenvalue weighted by atomic mass is 9.98. The van der Waals surface area contributed by atoms with Gasteiger partial charge in [0.1, 0.15) is 0 Å². The molecule has 4 atom stereocenters. The first-order chi connectivity index (χ1) is 6.97. The second kappa shape index (κ2) is 7.89. The Hall–Kier alpha value is -0.340. The summed E-state index contributed by atoms with van der Waals surface area (Å²) in [6.07, 6.45) is 3.71. The van der Waals surface area contributed by atoms with Crippen molar-refractivity contribution >= 4 is 0 Å². The number of nitrogens with one attached hydrogen (secondary N) is 1. The van der Waals surface area contributed by atoms with Crippen molar-refractivity contribution in [2.75, 3.05) is 6.54 Å². The Bertz CT molecular complexity index is 168. The second-order valence-corrected chi connectivity index (χ2v) is 4.89.